The van der Waals surface area contributed by atoms with Crippen LogP contribution in [0.2, 0.25) is 0 Å². The predicted molar refractivity (Wildman–Crippen MR) is 163 cm³/mol. The molecule has 218 valence electrons. The fourth-order valence-corrected chi connectivity index (χ4v) is 5.35. The molecule has 0 fully saturated rings. The molecule has 0 aromatic heterocycles. The van der Waals surface area contributed by atoms with Crippen molar-refractivity contribution in [3.63, 3.8) is 0 Å². The van der Waals surface area contributed by atoms with Crippen molar-refractivity contribution in [2.75, 3.05) is 19.0 Å². The van der Waals surface area contributed by atoms with Gasteiger partial charge in [0.05, 0.1) is 19.2 Å². The summed E-state index contributed by atoms with van der Waals surface area (Å²) in [5.74, 6) is -2.35. The molecule has 0 spiro atoms. The third-order valence-electron chi connectivity index (χ3n) is 7.17. The van der Waals surface area contributed by atoms with Crippen molar-refractivity contribution in [2.24, 2.45) is 0 Å². The number of hydrogen-bond donors (Lipinski definition) is 3. The first-order valence-electron chi connectivity index (χ1n) is 13.4. The Kier molecular flexibility index (Phi) is 8.87. The first kappa shape index (κ1) is 29.5. The average molecular weight is 643 g/mol. The summed E-state index contributed by atoms with van der Waals surface area (Å²) in [6, 6.07) is 25.4. The number of halogens is 1. The van der Waals surface area contributed by atoms with E-state index in [1.54, 1.807) is 30.3 Å². The number of anilines is 1. The molecule has 9 nitrogen and oxygen atoms in total. The second kappa shape index (κ2) is 12.9. The van der Waals surface area contributed by atoms with Gasteiger partial charge in [-0.1, -0.05) is 64.5 Å². The van der Waals surface area contributed by atoms with Gasteiger partial charge in [-0.15, -0.1) is 0 Å². The zero-order valence-corrected chi connectivity index (χ0v) is 24.6. The lowest BCUT2D eigenvalue weighted by Gasteiger charge is -2.19. The van der Waals surface area contributed by atoms with Gasteiger partial charge in [-0.25, -0.2) is 4.79 Å². The van der Waals surface area contributed by atoms with Gasteiger partial charge in [0.15, 0.2) is 5.78 Å². The van der Waals surface area contributed by atoms with Crippen LogP contribution in [0.25, 0.3) is 11.1 Å². The van der Waals surface area contributed by atoms with Gasteiger partial charge in [0.25, 0.3) is 0 Å². The van der Waals surface area contributed by atoms with Gasteiger partial charge >= 0.3 is 12.1 Å². The lowest BCUT2D eigenvalue weighted by molar-refractivity contribution is -0.139. The molecule has 0 saturated heterocycles. The molecule has 0 heterocycles. The van der Waals surface area contributed by atoms with Crippen LogP contribution in [0.5, 0.6) is 5.75 Å². The Morgan fingerprint density at radius 3 is 2.12 bits per heavy atom. The topological polar surface area (TPSA) is 131 Å². The van der Waals surface area contributed by atoms with Gasteiger partial charge in [0, 0.05) is 21.5 Å². The van der Waals surface area contributed by atoms with Gasteiger partial charge in [-0.05, 0) is 64.7 Å². The van der Waals surface area contributed by atoms with Crippen molar-refractivity contribution in [2.45, 2.75) is 18.4 Å². The number of carbonyl (C=O) groups excluding carboxylic acids is 3. The Balaban J connectivity index is 1.31. The van der Waals surface area contributed by atoms with Gasteiger partial charge in [0.1, 0.15) is 18.4 Å². The number of nitrogens with one attached hydrogen (secondary N) is 2. The number of aliphatic carboxylic acids is 1. The largest absolute Gasteiger partial charge is 0.497 e. The van der Waals surface area contributed by atoms with Crippen molar-refractivity contribution in [1.82, 2.24) is 5.32 Å². The molecule has 43 heavy (non-hydrogen) atoms. The van der Waals surface area contributed by atoms with Crippen molar-refractivity contribution in [1.29, 1.82) is 0 Å². The zero-order chi connectivity index (χ0) is 30.5. The highest BCUT2D eigenvalue weighted by Crippen LogP contribution is 2.44. The fraction of sp³-hybridized carbons (Fsp3) is 0.152. The van der Waals surface area contributed by atoms with E-state index in [0.29, 0.717) is 11.3 Å². The van der Waals surface area contributed by atoms with Crippen molar-refractivity contribution >= 4 is 45.4 Å². The van der Waals surface area contributed by atoms with E-state index < -0.39 is 30.4 Å². The summed E-state index contributed by atoms with van der Waals surface area (Å²) in [4.78, 5) is 51.1. The summed E-state index contributed by atoms with van der Waals surface area (Å²) in [5, 5.41) is 14.4. The molecular weight excluding hydrogens is 616 g/mol. The number of carboxylic acids is 1. The zero-order valence-electron chi connectivity index (χ0n) is 23.0. The van der Waals surface area contributed by atoms with E-state index in [4.69, 9.17) is 9.47 Å². The molecule has 2 amide bonds. The maximum absolute atomic E-state index is 13.3. The van der Waals surface area contributed by atoms with Crippen molar-refractivity contribution in [3.05, 3.63) is 118 Å². The molecule has 10 heteroatoms. The predicted octanol–water partition coefficient (Wildman–Crippen LogP) is 6.01. The summed E-state index contributed by atoms with van der Waals surface area (Å²) in [6.07, 6.45) is -1.65. The summed E-state index contributed by atoms with van der Waals surface area (Å²) in [5.41, 5.74) is 4.77. The molecule has 5 rings (SSSR count). The smallest absolute Gasteiger partial charge is 0.407 e. The molecule has 4 aromatic rings. The number of hydrogen-bond acceptors (Lipinski definition) is 6. The van der Waals surface area contributed by atoms with Crippen LogP contribution in [0.15, 0.2) is 95.5 Å². The minimum atomic E-state index is -1.48. The van der Waals surface area contributed by atoms with E-state index in [0.717, 1.165) is 26.7 Å². The van der Waals surface area contributed by atoms with Crippen LogP contribution >= 0.6 is 15.9 Å². The highest BCUT2D eigenvalue weighted by Gasteiger charge is 2.31. The number of benzene rings is 4. The molecule has 1 atom stereocenters. The van der Waals surface area contributed by atoms with Gasteiger partial charge in [-0.2, -0.15) is 0 Å². The quantitative estimate of drug-likeness (QED) is 0.181. The normalized spacial score (nSPS) is 12.4. The second-order valence-electron chi connectivity index (χ2n) is 9.86. The van der Waals surface area contributed by atoms with Crippen LogP contribution in [-0.2, 0) is 14.3 Å². The molecule has 1 aliphatic rings. The Morgan fingerprint density at radius 2 is 1.51 bits per heavy atom. The number of carbonyl (C=O) groups is 4. The van der Waals surface area contributed by atoms with E-state index in [9.17, 15) is 24.3 Å². The standard InChI is InChI=1S/C33H27BrN2O7/c1-42-21-14-15-28(26(16-21)31(39)19-10-12-20(34)13-11-19)35-32(40)29(17-30(37)38)36-33(41)43-18-27-24-8-4-2-6-22(24)23-7-3-5-9-25(23)27/h2-16,27,29H,17-18H2,1H3,(H,35,40)(H,36,41)(H,37,38)/t29-/m0/s1. The number of alkyl carbamates (subject to hydrolysis) is 1. The number of ketones is 1. The molecule has 0 radical (unpaired) electrons. The van der Waals surface area contributed by atoms with E-state index in [-0.39, 0.29) is 29.6 Å². The van der Waals surface area contributed by atoms with E-state index >= 15 is 0 Å². The highest BCUT2D eigenvalue weighted by molar-refractivity contribution is 9.10. The Hall–Kier alpha value is -4.96. The molecular formula is C33H27BrN2O7. The molecule has 3 N–H and O–H groups in total. The van der Waals surface area contributed by atoms with Crippen LogP contribution in [0.4, 0.5) is 10.5 Å². The van der Waals surface area contributed by atoms with E-state index in [2.05, 4.69) is 26.6 Å². The number of carboxylic acid groups (broad SMARTS) is 1. The fourth-order valence-electron chi connectivity index (χ4n) is 5.09. The maximum Gasteiger partial charge on any atom is 0.407 e. The molecule has 0 aliphatic heterocycles. The molecule has 0 bridgehead atoms. The number of fused-ring (bicyclic) bond motifs is 3. The highest BCUT2D eigenvalue weighted by atomic mass is 79.9. The van der Waals surface area contributed by atoms with Crippen LogP contribution in [-0.4, -0.2) is 48.6 Å². The number of methoxy groups -OCH3 is 1. The SMILES string of the molecule is COc1ccc(NC(=O)[C@H](CC(=O)O)NC(=O)OCC2c3ccccc3-c3ccccc32)c(C(=O)c2ccc(Br)cc2)c1. The van der Waals surface area contributed by atoms with Crippen LogP contribution in [0.1, 0.15) is 39.4 Å². The third-order valence-corrected chi connectivity index (χ3v) is 7.70. The van der Waals surface area contributed by atoms with Crippen LogP contribution in [0.3, 0.4) is 0 Å². The first-order valence-corrected chi connectivity index (χ1v) is 14.2. The lowest BCUT2D eigenvalue weighted by atomic mass is 9.98. The number of rotatable bonds is 10. The minimum absolute atomic E-state index is 0.00834. The second-order valence-corrected chi connectivity index (χ2v) is 10.8. The van der Waals surface area contributed by atoms with Crippen LogP contribution < -0.4 is 15.4 Å². The van der Waals surface area contributed by atoms with Crippen LogP contribution in [0, 0.1) is 0 Å². The Morgan fingerprint density at radius 1 is 0.884 bits per heavy atom. The van der Waals surface area contributed by atoms with E-state index in [1.807, 2.05) is 48.5 Å². The van der Waals surface area contributed by atoms with Gasteiger partial charge < -0.3 is 25.2 Å². The number of ether oxygens (including phenoxy) is 2. The summed E-state index contributed by atoms with van der Waals surface area (Å²) in [6.45, 7) is -0.00834. The Labute approximate surface area is 256 Å². The summed E-state index contributed by atoms with van der Waals surface area (Å²) >= 11 is 3.34. The Bertz CT molecular complexity index is 1660. The molecule has 0 saturated carbocycles. The van der Waals surface area contributed by atoms with Gasteiger partial charge in [0.2, 0.25) is 5.91 Å². The molecule has 1 aliphatic carbocycles. The average Bonchev–Trinajstić information content (AvgIpc) is 3.33. The van der Waals surface area contributed by atoms with Gasteiger partial charge in [-0.3, -0.25) is 14.4 Å². The first-order chi connectivity index (χ1) is 20.7. The summed E-state index contributed by atoms with van der Waals surface area (Å²) in [7, 11) is 1.45. The van der Waals surface area contributed by atoms with Crippen molar-refractivity contribution < 1.29 is 33.8 Å². The summed E-state index contributed by atoms with van der Waals surface area (Å²) < 4.78 is 11.6. The van der Waals surface area contributed by atoms with E-state index in [1.165, 1.54) is 19.2 Å². The third kappa shape index (κ3) is 6.60. The minimum Gasteiger partial charge on any atom is -0.497 e. The lowest BCUT2D eigenvalue weighted by Crippen LogP contribution is -2.45. The number of amides is 2. The van der Waals surface area contributed by atoms with Crippen molar-refractivity contribution in [3.8, 4) is 16.9 Å². The molecule has 4 aromatic carbocycles. The molecule has 0 unspecified atom stereocenters. The monoisotopic (exact) mass is 642 g/mol. The maximum atomic E-state index is 13.3.